The first-order valence-electron chi connectivity index (χ1n) is 6.37. The Hall–Kier alpha value is -0.800. The Morgan fingerprint density at radius 2 is 2.06 bits per heavy atom. The molecule has 1 heterocycles. The van der Waals surface area contributed by atoms with Crippen LogP contribution in [-0.2, 0) is 0 Å². The molecule has 0 amide bonds. The highest BCUT2D eigenvalue weighted by Crippen LogP contribution is 2.28. The van der Waals surface area contributed by atoms with Crippen molar-refractivity contribution >= 4 is 38.3 Å². The quantitative estimate of drug-likeness (QED) is 0.817. The highest BCUT2D eigenvalue weighted by molar-refractivity contribution is 7.22. The van der Waals surface area contributed by atoms with Crippen LogP contribution in [0.1, 0.15) is 33.6 Å². The van der Waals surface area contributed by atoms with Gasteiger partial charge in [-0.05, 0) is 43.9 Å². The lowest BCUT2D eigenvalue weighted by Gasteiger charge is -2.13. The van der Waals surface area contributed by atoms with E-state index < -0.39 is 0 Å². The number of hydrogen-bond acceptors (Lipinski definition) is 3. The number of benzene rings is 1. The molecule has 1 atom stereocenters. The summed E-state index contributed by atoms with van der Waals surface area (Å²) in [4.78, 5) is 4.56. The van der Waals surface area contributed by atoms with Gasteiger partial charge in [0.1, 0.15) is 0 Å². The smallest absolute Gasteiger partial charge is 0.183 e. The second-order valence-electron chi connectivity index (χ2n) is 5.15. The van der Waals surface area contributed by atoms with E-state index in [2.05, 4.69) is 31.1 Å². The van der Waals surface area contributed by atoms with Gasteiger partial charge in [-0.2, -0.15) is 0 Å². The zero-order valence-corrected chi connectivity index (χ0v) is 12.6. The molecular formula is C14H19ClN2S. The number of nitrogens with one attached hydrogen (secondary N) is 1. The van der Waals surface area contributed by atoms with Crippen LogP contribution in [0.5, 0.6) is 0 Å². The molecule has 0 saturated heterocycles. The van der Waals surface area contributed by atoms with E-state index in [0.29, 0.717) is 6.04 Å². The molecule has 0 aliphatic carbocycles. The molecular weight excluding hydrogens is 264 g/mol. The zero-order valence-electron chi connectivity index (χ0n) is 11.0. The summed E-state index contributed by atoms with van der Waals surface area (Å²) in [6.45, 7) is 6.72. The van der Waals surface area contributed by atoms with Gasteiger partial charge in [-0.15, -0.1) is 0 Å². The first-order valence-corrected chi connectivity index (χ1v) is 7.56. The van der Waals surface area contributed by atoms with Gasteiger partial charge < -0.3 is 5.32 Å². The number of nitrogens with zero attached hydrogens (tertiary/aromatic N) is 1. The van der Waals surface area contributed by atoms with Gasteiger partial charge in [0, 0.05) is 11.1 Å². The second-order valence-corrected chi connectivity index (χ2v) is 6.61. The summed E-state index contributed by atoms with van der Waals surface area (Å²) in [6.07, 6.45) is 2.42. The second kappa shape index (κ2) is 5.89. The molecule has 98 valence electrons. The fourth-order valence-electron chi connectivity index (χ4n) is 1.83. The number of rotatable bonds is 5. The maximum absolute atomic E-state index is 5.96. The van der Waals surface area contributed by atoms with E-state index in [1.165, 1.54) is 17.5 Å². The number of hydrogen-bond donors (Lipinski definition) is 1. The van der Waals surface area contributed by atoms with Crippen molar-refractivity contribution < 1.29 is 0 Å². The molecule has 18 heavy (non-hydrogen) atoms. The van der Waals surface area contributed by atoms with Crippen LogP contribution in [0.3, 0.4) is 0 Å². The minimum absolute atomic E-state index is 0.462. The Bertz CT molecular complexity index is 521. The molecule has 1 N–H and O–H groups in total. The third-order valence-corrected chi connectivity index (χ3v) is 4.10. The molecule has 0 fully saturated rings. The van der Waals surface area contributed by atoms with Crippen LogP contribution < -0.4 is 5.32 Å². The maximum atomic E-state index is 5.96. The van der Waals surface area contributed by atoms with Gasteiger partial charge in [-0.25, -0.2) is 4.98 Å². The third-order valence-electron chi connectivity index (χ3n) is 2.90. The van der Waals surface area contributed by atoms with Crippen LogP contribution >= 0.6 is 22.9 Å². The van der Waals surface area contributed by atoms with Crippen LogP contribution in [0.2, 0.25) is 5.02 Å². The lowest BCUT2D eigenvalue weighted by atomic mass is 10.0. The van der Waals surface area contributed by atoms with Gasteiger partial charge in [0.25, 0.3) is 0 Å². The minimum Gasteiger partial charge on any atom is -0.359 e. The number of thiazole rings is 1. The van der Waals surface area contributed by atoms with Crippen molar-refractivity contribution in [1.29, 1.82) is 0 Å². The monoisotopic (exact) mass is 282 g/mol. The van der Waals surface area contributed by atoms with E-state index in [0.717, 1.165) is 21.6 Å². The Labute approximate surface area is 117 Å². The first-order chi connectivity index (χ1) is 8.54. The van der Waals surface area contributed by atoms with Crippen molar-refractivity contribution in [2.24, 2.45) is 5.92 Å². The van der Waals surface area contributed by atoms with E-state index in [4.69, 9.17) is 11.6 Å². The largest absolute Gasteiger partial charge is 0.359 e. The fraction of sp³-hybridized carbons (Fsp3) is 0.500. The molecule has 0 spiro atoms. The minimum atomic E-state index is 0.462. The maximum Gasteiger partial charge on any atom is 0.183 e. The van der Waals surface area contributed by atoms with Gasteiger partial charge in [-0.1, -0.05) is 36.8 Å². The predicted octanol–water partition coefficient (Wildman–Crippen LogP) is 5.19. The van der Waals surface area contributed by atoms with Crippen LogP contribution in [0.15, 0.2) is 18.2 Å². The number of aromatic nitrogens is 1. The summed E-state index contributed by atoms with van der Waals surface area (Å²) in [5.74, 6) is 0.753. The topological polar surface area (TPSA) is 24.9 Å². The van der Waals surface area contributed by atoms with E-state index in [1.807, 2.05) is 18.2 Å². The molecule has 2 aromatic rings. The molecule has 2 rings (SSSR count). The standard InChI is InChI=1S/C14H19ClN2S/c1-9(2)4-5-10(3)16-14-17-12-8-11(15)6-7-13(12)18-14/h6-10H,4-5H2,1-3H3,(H,16,17). The molecule has 1 aromatic carbocycles. The SMILES string of the molecule is CC(C)CCC(C)Nc1nc2cc(Cl)ccc2s1. The van der Waals surface area contributed by atoms with Crippen LogP contribution in [0, 0.1) is 5.92 Å². The highest BCUT2D eigenvalue weighted by atomic mass is 35.5. The van der Waals surface area contributed by atoms with E-state index in [-0.39, 0.29) is 0 Å². The summed E-state index contributed by atoms with van der Waals surface area (Å²) < 4.78 is 1.18. The van der Waals surface area contributed by atoms with Gasteiger partial charge in [0.05, 0.1) is 10.2 Å². The van der Waals surface area contributed by atoms with Gasteiger partial charge >= 0.3 is 0 Å². The van der Waals surface area contributed by atoms with Gasteiger partial charge in [-0.3, -0.25) is 0 Å². The van der Waals surface area contributed by atoms with E-state index in [9.17, 15) is 0 Å². The molecule has 1 unspecified atom stereocenters. The number of anilines is 1. The van der Waals surface area contributed by atoms with Crippen molar-refractivity contribution in [2.45, 2.75) is 39.7 Å². The van der Waals surface area contributed by atoms with E-state index >= 15 is 0 Å². The summed E-state index contributed by atoms with van der Waals surface area (Å²) in [5.41, 5.74) is 0.978. The third kappa shape index (κ3) is 3.59. The molecule has 0 radical (unpaired) electrons. The normalized spacial score (nSPS) is 13.2. The van der Waals surface area contributed by atoms with Crippen LogP contribution in [0.25, 0.3) is 10.2 Å². The van der Waals surface area contributed by atoms with Crippen molar-refractivity contribution in [2.75, 3.05) is 5.32 Å². The van der Waals surface area contributed by atoms with E-state index in [1.54, 1.807) is 11.3 Å². The summed E-state index contributed by atoms with van der Waals surface area (Å²) in [7, 11) is 0. The average molecular weight is 283 g/mol. The molecule has 0 aliphatic rings. The van der Waals surface area contributed by atoms with Crippen molar-refractivity contribution in [3.8, 4) is 0 Å². The predicted molar refractivity (Wildman–Crippen MR) is 81.8 cm³/mol. The first kappa shape index (κ1) is 13.6. The summed E-state index contributed by atoms with van der Waals surface area (Å²) in [6, 6.07) is 6.31. The van der Waals surface area contributed by atoms with Gasteiger partial charge in [0.15, 0.2) is 5.13 Å². The van der Waals surface area contributed by atoms with Crippen molar-refractivity contribution in [3.05, 3.63) is 23.2 Å². The highest BCUT2D eigenvalue weighted by Gasteiger charge is 2.08. The van der Waals surface area contributed by atoms with Crippen LogP contribution in [0.4, 0.5) is 5.13 Å². The average Bonchev–Trinajstić information content (AvgIpc) is 2.67. The molecule has 4 heteroatoms. The Morgan fingerprint density at radius 3 is 2.78 bits per heavy atom. The molecule has 1 aromatic heterocycles. The summed E-state index contributed by atoms with van der Waals surface area (Å²) >= 11 is 7.65. The Kier molecular flexibility index (Phi) is 4.46. The molecule has 2 nitrogen and oxygen atoms in total. The zero-order chi connectivity index (χ0) is 13.1. The van der Waals surface area contributed by atoms with Crippen molar-refractivity contribution in [1.82, 2.24) is 4.98 Å². The lowest BCUT2D eigenvalue weighted by molar-refractivity contribution is 0.527. The van der Waals surface area contributed by atoms with Crippen molar-refractivity contribution in [3.63, 3.8) is 0 Å². The number of fused-ring (bicyclic) bond motifs is 1. The Balaban J connectivity index is 2.03. The van der Waals surface area contributed by atoms with Crippen LogP contribution in [-0.4, -0.2) is 11.0 Å². The molecule has 0 saturated carbocycles. The molecule has 0 bridgehead atoms. The number of halogens is 1. The van der Waals surface area contributed by atoms with Gasteiger partial charge in [0.2, 0.25) is 0 Å². The fourth-order valence-corrected chi connectivity index (χ4v) is 2.95. The summed E-state index contributed by atoms with van der Waals surface area (Å²) in [5, 5.41) is 5.20. The Morgan fingerprint density at radius 1 is 1.28 bits per heavy atom. The lowest BCUT2D eigenvalue weighted by Crippen LogP contribution is -2.15. The molecule has 0 aliphatic heterocycles.